The minimum atomic E-state index is -0.795. The van der Waals surface area contributed by atoms with Gasteiger partial charge < -0.3 is 15.2 Å². The highest BCUT2D eigenvalue weighted by Gasteiger charge is 2.33. The highest BCUT2D eigenvalue weighted by atomic mass is 35.5. The number of rotatable bonds is 5. The van der Waals surface area contributed by atoms with Crippen LogP contribution in [0.15, 0.2) is 60.7 Å². The van der Waals surface area contributed by atoms with Crippen LogP contribution in [-0.2, 0) is 4.74 Å². The van der Waals surface area contributed by atoms with Crippen LogP contribution in [0.25, 0.3) is 0 Å². The maximum atomic E-state index is 10.9. The van der Waals surface area contributed by atoms with Crippen molar-refractivity contribution in [2.75, 3.05) is 59.0 Å². The summed E-state index contributed by atoms with van der Waals surface area (Å²) >= 11 is 0. The Kier molecular flexibility index (Phi) is 10.0. The molecule has 0 amide bonds. The van der Waals surface area contributed by atoms with E-state index in [0.717, 1.165) is 32.7 Å². The van der Waals surface area contributed by atoms with Gasteiger partial charge in [0, 0.05) is 45.8 Å². The van der Waals surface area contributed by atoms with Crippen LogP contribution in [0.4, 0.5) is 0 Å². The van der Waals surface area contributed by atoms with Crippen molar-refractivity contribution in [1.82, 2.24) is 15.1 Å². The number of nitrogens with one attached hydrogen (secondary N) is 1. The van der Waals surface area contributed by atoms with Crippen LogP contribution in [0, 0.1) is 0 Å². The third-order valence-electron chi connectivity index (χ3n) is 5.77. The summed E-state index contributed by atoms with van der Waals surface area (Å²) in [7, 11) is 0. The summed E-state index contributed by atoms with van der Waals surface area (Å²) < 4.78 is 5.58. The van der Waals surface area contributed by atoms with Gasteiger partial charge in [-0.3, -0.25) is 9.80 Å². The number of benzene rings is 2. The van der Waals surface area contributed by atoms with Crippen LogP contribution in [0.1, 0.15) is 17.2 Å². The molecule has 0 aromatic heterocycles. The number of nitrogens with zero attached hydrogens (tertiary/aromatic N) is 2. The van der Waals surface area contributed by atoms with Crippen LogP contribution in [0.2, 0.25) is 0 Å². The van der Waals surface area contributed by atoms with E-state index in [1.165, 1.54) is 11.1 Å². The Bertz CT molecular complexity index is 680. The third-order valence-corrected chi connectivity index (χ3v) is 5.77. The molecule has 0 bridgehead atoms. The molecule has 2 aromatic carbocycles. The van der Waals surface area contributed by atoms with Gasteiger partial charge in [-0.15, -0.1) is 24.8 Å². The lowest BCUT2D eigenvalue weighted by Gasteiger charge is -2.42. The van der Waals surface area contributed by atoms with Gasteiger partial charge in [0.1, 0.15) is 5.60 Å². The summed E-state index contributed by atoms with van der Waals surface area (Å²) in [4.78, 5) is 4.94. The highest BCUT2D eigenvalue weighted by molar-refractivity contribution is 5.85. The molecule has 2 aliphatic rings. The van der Waals surface area contributed by atoms with Gasteiger partial charge >= 0.3 is 0 Å². The van der Waals surface area contributed by atoms with Gasteiger partial charge in [-0.2, -0.15) is 0 Å². The van der Waals surface area contributed by atoms with Crippen molar-refractivity contribution in [3.8, 4) is 0 Å². The lowest BCUT2D eigenvalue weighted by molar-refractivity contribution is -0.0563. The number of piperazine rings is 1. The Balaban J connectivity index is 0.00000160. The molecule has 1 unspecified atom stereocenters. The standard InChI is InChI=1S/C23H31N3O2.2ClH/c27-23(17-24-11-16-28-19-23)18-25-12-14-26(15-13-25)22(20-7-3-1-4-8-20)21-9-5-2-6-10-21;;/h1-10,22,24,27H,11-19H2;2*1H. The Morgan fingerprint density at radius 1 is 0.900 bits per heavy atom. The predicted molar refractivity (Wildman–Crippen MR) is 126 cm³/mol. The van der Waals surface area contributed by atoms with E-state index in [4.69, 9.17) is 4.74 Å². The van der Waals surface area contributed by atoms with E-state index in [1.54, 1.807) is 0 Å². The minimum Gasteiger partial charge on any atom is -0.385 e. The van der Waals surface area contributed by atoms with Crippen LogP contribution >= 0.6 is 24.8 Å². The first-order chi connectivity index (χ1) is 13.7. The quantitative estimate of drug-likeness (QED) is 0.728. The SMILES string of the molecule is Cl.Cl.OC1(CN2CCN(C(c3ccccc3)c3ccccc3)CC2)CNCCOC1. The Labute approximate surface area is 192 Å². The number of halogens is 2. The number of ether oxygens (including phenoxy) is 1. The fourth-order valence-corrected chi connectivity index (χ4v) is 4.36. The molecule has 2 N–H and O–H groups in total. The first-order valence-electron chi connectivity index (χ1n) is 10.3. The van der Waals surface area contributed by atoms with E-state index in [9.17, 15) is 5.11 Å². The topological polar surface area (TPSA) is 48.0 Å². The normalized spacial score (nSPS) is 23.3. The molecule has 2 saturated heterocycles. The lowest BCUT2D eigenvalue weighted by atomic mass is 9.96. The summed E-state index contributed by atoms with van der Waals surface area (Å²) in [6.07, 6.45) is 0. The highest BCUT2D eigenvalue weighted by Crippen LogP contribution is 2.29. The lowest BCUT2D eigenvalue weighted by Crippen LogP contribution is -2.56. The molecular formula is C23H33Cl2N3O2. The van der Waals surface area contributed by atoms with Crippen molar-refractivity contribution >= 4 is 24.8 Å². The number of hydrogen-bond acceptors (Lipinski definition) is 5. The summed E-state index contributed by atoms with van der Waals surface area (Å²) in [6.45, 7) is 7.04. The molecule has 4 rings (SSSR count). The van der Waals surface area contributed by atoms with Gasteiger partial charge in [0.05, 0.1) is 19.3 Å². The molecule has 0 spiro atoms. The smallest absolute Gasteiger partial charge is 0.113 e. The van der Waals surface area contributed by atoms with Crippen LogP contribution in [0.5, 0.6) is 0 Å². The van der Waals surface area contributed by atoms with Gasteiger partial charge in [-0.25, -0.2) is 0 Å². The Morgan fingerprint density at radius 2 is 1.47 bits per heavy atom. The van der Waals surface area contributed by atoms with E-state index < -0.39 is 5.60 Å². The monoisotopic (exact) mass is 453 g/mol. The number of hydrogen-bond donors (Lipinski definition) is 2. The molecule has 0 saturated carbocycles. The van der Waals surface area contributed by atoms with E-state index in [2.05, 4.69) is 75.8 Å². The Morgan fingerprint density at radius 3 is 2.03 bits per heavy atom. The molecule has 5 nitrogen and oxygen atoms in total. The van der Waals surface area contributed by atoms with E-state index in [1.807, 2.05) is 0 Å². The predicted octanol–water partition coefficient (Wildman–Crippen LogP) is 2.59. The van der Waals surface area contributed by atoms with Gasteiger partial charge in [0.15, 0.2) is 0 Å². The molecule has 2 aromatic rings. The summed E-state index contributed by atoms with van der Waals surface area (Å²) in [5, 5.41) is 14.2. The zero-order valence-electron chi connectivity index (χ0n) is 17.3. The zero-order chi connectivity index (χ0) is 19.2. The first kappa shape index (κ1) is 25.1. The van der Waals surface area contributed by atoms with E-state index in [-0.39, 0.29) is 30.9 Å². The molecule has 1 atom stereocenters. The maximum Gasteiger partial charge on any atom is 0.113 e. The van der Waals surface area contributed by atoms with Crippen molar-refractivity contribution in [3.63, 3.8) is 0 Å². The van der Waals surface area contributed by atoms with Crippen LogP contribution < -0.4 is 5.32 Å². The first-order valence-corrected chi connectivity index (χ1v) is 10.3. The van der Waals surface area contributed by atoms with Gasteiger partial charge in [0.25, 0.3) is 0 Å². The van der Waals surface area contributed by atoms with Gasteiger partial charge in [-0.05, 0) is 11.1 Å². The van der Waals surface area contributed by atoms with Crippen molar-refractivity contribution in [2.24, 2.45) is 0 Å². The fourth-order valence-electron chi connectivity index (χ4n) is 4.36. The molecule has 2 aliphatic heterocycles. The molecule has 2 heterocycles. The fraction of sp³-hybridized carbons (Fsp3) is 0.478. The number of aliphatic hydroxyl groups is 1. The van der Waals surface area contributed by atoms with Gasteiger partial charge in [0.2, 0.25) is 0 Å². The number of β-amino-alcohol motifs (C(OH)–C–C–N with tert-alkyl or cyclic N) is 1. The van der Waals surface area contributed by atoms with Crippen LogP contribution in [0.3, 0.4) is 0 Å². The van der Waals surface area contributed by atoms with E-state index >= 15 is 0 Å². The summed E-state index contributed by atoms with van der Waals surface area (Å²) in [6, 6.07) is 21.8. The van der Waals surface area contributed by atoms with Crippen LogP contribution in [-0.4, -0.2) is 79.5 Å². The minimum absolute atomic E-state index is 0. The second-order valence-corrected chi connectivity index (χ2v) is 7.99. The average Bonchev–Trinajstić information content (AvgIpc) is 2.95. The van der Waals surface area contributed by atoms with E-state index in [0.29, 0.717) is 26.3 Å². The maximum absolute atomic E-state index is 10.9. The molecular weight excluding hydrogens is 421 g/mol. The Hall–Kier alpha value is -1.18. The molecule has 166 valence electrons. The summed E-state index contributed by atoms with van der Waals surface area (Å²) in [5.41, 5.74) is 1.88. The third kappa shape index (κ3) is 6.41. The largest absolute Gasteiger partial charge is 0.385 e. The molecule has 7 heteroatoms. The summed E-state index contributed by atoms with van der Waals surface area (Å²) in [5.74, 6) is 0. The second kappa shape index (κ2) is 12.0. The zero-order valence-corrected chi connectivity index (χ0v) is 18.9. The van der Waals surface area contributed by atoms with Crippen molar-refractivity contribution in [2.45, 2.75) is 11.6 Å². The van der Waals surface area contributed by atoms with Crippen molar-refractivity contribution in [3.05, 3.63) is 71.8 Å². The molecule has 2 fully saturated rings. The molecule has 0 aliphatic carbocycles. The molecule has 30 heavy (non-hydrogen) atoms. The molecule has 0 radical (unpaired) electrons. The van der Waals surface area contributed by atoms with Crippen molar-refractivity contribution < 1.29 is 9.84 Å². The second-order valence-electron chi connectivity index (χ2n) is 7.99. The average molecular weight is 454 g/mol. The van der Waals surface area contributed by atoms with Gasteiger partial charge in [-0.1, -0.05) is 60.7 Å². The van der Waals surface area contributed by atoms with Crippen molar-refractivity contribution in [1.29, 1.82) is 0 Å².